The number of esters is 1. The molecule has 0 aromatic heterocycles. The molecule has 1 atom stereocenters. The summed E-state index contributed by atoms with van der Waals surface area (Å²) in [6.45, 7) is 3.81. The van der Waals surface area contributed by atoms with Gasteiger partial charge in [-0.15, -0.1) is 0 Å². The summed E-state index contributed by atoms with van der Waals surface area (Å²) in [6.07, 6.45) is -0.146. The number of aliphatic hydroxyl groups excluding tert-OH is 1. The Morgan fingerprint density at radius 2 is 1.95 bits per heavy atom. The number of hydrogen-bond donors (Lipinski definition) is 1. The monoisotopic (exact) mass is 288 g/mol. The van der Waals surface area contributed by atoms with Crippen LogP contribution >= 0.6 is 0 Å². The molecule has 2 rings (SSSR count). The minimum atomic E-state index is -0.656. The number of carbonyl (C=O) groups is 1. The molecule has 4 heteroatoms. The van der Waals surface area contributed by atoms with Crippen LogP contribution in [0.2, 0.25) is 0 Å². The van der Waals surface area contributed by atoms with Crippen LogP contribution in [0.25, 0.3) is 10.8 Å². The van der Waals surface area contributed by atoms with Crippen LogP contribution in [0.15, 0.2) is 36.4 Å². The highest BCUT2D eigenvalue weighted by Gasteiger charge is 2.21. The molecule has 0 bridgehead atoms. The second kappa shape index (κ2) is 7.09. The lowest BCUT2D eigenvalue weighted by Crippen LogP contribution is -2.29. The molecule has 0 spiro atoms. The predicted molar refractivity (Wildman–Crippen MR) is 81.2 cm³/mol. The third-order valence-electron chi connectivity index (χ3n) is 3.35. The van der Waals surface area contributed by atoms with Crippen molar-refractivity contribution < 1.29 is 19.4 Å². The predicted octanol–water partition coefficient (Wildman–Crippen LogP) is 3.05. The maximum Gasteiger partial charge on any atom is 0.347 e. The molecule has 0 aliphatic rings. The van der Waals surface area contributed by atoms with Crippen LogP contribution in [-0.2, 0) is 16.1 Å². The Balaban J connectivity index is 2.35. The van der Waals surface area contributed by atoms with Gasteiger partial charge in [-0.1, -0.05) is 37.3 Å². The third-order valence-corrected chi connectivity index (χ3v) is 3.35. The summed E-state index contributed by atoms with van der Waals surface area (Å²) in [4.78, 5) is 11.8. The molecule has 112 valence electrons. The van der Waals surface area contributed by atoms with Crippen molar-refractivity contribution in [2.24, 2.45) is 0 Å². The zero-order valence-corrected chi connectivity index (χ0v) is 12.3. The van der Waals surface area contributed by atoms with Crippen LogP contribution in [0.5, 0.6) is 5.75 Å². The quantitative estimate of drug-likeness (QED) is 0.830. The van der Waals surface area contributed by atoms with Gasteiger partial charge in [0.1, 0.15) is 5.75 Å². The molecule has 0 saturated heterocycles. The van der Waals surface area contributed by atoms with Gasteiger partial charge in [0.15, 0.2) is 6.10 Å². The van der Waals surface area contributed by atoms with Crippen molar-refractivity contribution in [3.63, 3.8) is 0 Å². The van der Waals surface area contributed by atoms with Gasteiger partial charge < -0.3 is 14.6 Å². The lowest BCUT2D eigenvalue weighted by molar-refractivity contribution is -0.151. The molecule has 4 nitrogen and oxygen atoms in total. The number of rotatable bonds is 6. The fourth-order valence-corrected chi connectivity index (χ4v) is 2.28. The molecule has 0 aliphatic heterocycles. The molecular formula is C17H20O4. The van der Waals surface area contributed by atoms with Crippen LogP contribution in [-0.4, -0.2) is 23.8 Å². The van der Waals surface area contributed by atoms with Crippen LogP contribution in [0.3, 0.4) is 0 Å². The first-order valence-electron chi connectivity index (χ1n) is 7.16. The van der Waals surface area contributed by atoms with Crippen molar-refractivity contribution in [2.45, 2.75) is 33.0 Å². The summed E-state index contributed by atoms with van der Waals surface area (Å²) >= 11 is 0. The highest BCUT2D eigenvalue weighted by molar-refractivity contribution is 5.87. The van der Waals surface area contributed by atoms with Crippen molar-refractivity contribution in [1.29, 1.82) is 0 Å². The van der Waals surface area contributed by atoms with Gasteiger partial charge in [-0.2, -0.15) is 0 Å². The molecule has 1 N–H and O–H groups in total. The van der Waals surface area contributed by atoms with Gasteiger partial charge in [0.05, 0.1) is 13.2 Å². The van der Waals surface area contributed by atoms with Gasteiger partial charge in [0.2, 0.25) is 0 Å². The van der Waals surface area contributed by atoms with Gasteiger partial charge in [0.25, 0.3) is 0 Å². The smallest absolute Gasteiger partial charge is 0.347 e. The summed E-state index contributed by atoms with van der Waals surface area (Å²) in [5, 5.41) is 11.6. The van der Waals surface area contributed by atoms with Crippen molar-refractivity contribution >= 4 is 16.7 Å². The molecule has 0 fully saturated rings. The van der Waals surface area contributed by atoms with Crippen LogP contribution < -0.4 is 4.74 Å². The Kier molecular flexibility index (Phi) is 5.17. The highest BCUT2D eigenvalue weighted by atomic mass is 16.6. The minimum absolute atomic E-state index is 0.143. The Labute approximate surface area is 124 Å². The largest absolute Gasteiger partial charge is 0.478 e. The molecule has 0 aliphatic carbocycles. The van der Waals surface area contributed by atoms with E-state index in [9.17, 15) is 9.90 Å². The first kappa shape index (κ1) is 15.3. The van der Waals surface area contributed by atoms with E-state index in [1.807, 2.05) is 37.3 Å². The molecule has 1 unspecified atom stereocenters. The molecule has 0 heterocycles. The summed E-state index contributed by atoms with van der Waals surface area (Å²) in [5.41, 5.74) is 0.691. The second-order valence-electron chi connectivity index (χ2n) is 4.69. The van der Waals surface area contributed by atoms with Crippen LogP contribution in [0, 0.1) is 0 Å². The summed E-state index contributed by atoms with van der Waals surface area (Å²) in [6, 6.07) is 11.5. The molecule has 2 aromatic carbocycles. The highest BCUT2D eigenvalue weighted by Crippen LogP contribution is 2.29. The Morgan fingerprint density at radius 3 is 2.62 bits per heavy atom. The van der Waals surface area contributed by atoms with E-state index in [1.165, 1.54) is 0 Å². The van der Waals surface area contributed by atoms with Crippen molar-refractivity contribution in [2.75, 3.05) is 6.61 Å². The maximum atomic E-state index is 11.8. The van der Waals surface area contributed by atoms with Gasteiger partial charge in [0, 0.05) is 5.56 Å². The van der Waals surface area contributed by atoms with Gasteiger partial charge >= 0.3 is 5.97 Å². The van der Waals surface area contributed by atoms with E-state index >= 15 is 0 Å². The molecule has 21 heavy (non-hydrogen) atoms. The third kappa shape index (κ3) is 3.34. The second-order valence-corrected chi connectivity index (χ2v) is 4.69. The van der Waals surface area contributed by atoms with Crippen LogP contribution in [0.4, 0.5) is 0 Å². The SMILES string of the molecule is CCOC(=O)C(CC)Oc1ccc2ccccc2c1CO. The Hall–Kier alpha value is -2.07. The van der Waals surface area contributed by atoms with Crippen molar-refractivity contribution in [3.05, 3.63) is 42.0 Å². The number of hydrogen-bond acceptors (Lipinski definition) is 4. The topological polar surface area (TPSA) is 55.8 Å². The minimum Gasteiger partial charge on any atom is -0.478 e. The standard InChI is InChI=1S/C17H20O4/c1-3-15(17(19)20-4-2)21-16-10-9-12-7-5-6-8-13(12)14(16)11-18/h5-10,15,18H,3-4,11H2,1-2H3. The molecule has 0 radical (unpaired) electrons. The number of fused-ring (bicyclic) bond motifs is 1. The average Bonchev–Trinajstić information content (AvgIpc) is 2.52. The van der Waals surface area contributed by atoms with Crippen molar-refractivity contribution in [1.82, 2.24) is 0 Å². The van der Waals surface area contributed by atoms with E-state index in [-0.39, 0.29) is 12.6 Å². The van der Waals surface area contributed by atoms with Gasteiger partial charge in [-0.3, -0.25) is 0 Å². The number of aliphatic hydroxyl groups is 1. The molecule has 0 saturated carbocycles. The molecular weight excluding hydrogens is 268 g/mol. The molecule has 2 aromatic rings. The summed E-state index contributed by atoms with van der Waals surface area (Å²) < 4.78 is 10.8. The first-order chi connectivity index (χ1) is 10.2. The molecule has 0 amide bonds. The maximum absolute atomic E-state index is 11.8. The normalized spacial score (nSPS) is 12.1. The van der Waals surface area contributed by atoms with E-state index in [2.05, 4.69) is 0 Å². The summed E-state index contributed by atoms with van der Waals surface area (Å²) in [7, 11) is 0. The fourth-order valence-electron chi connectivity index (χ4n) is 2.28. The van der Waals surface area contributed by atoms with E-state index in [0.29, 0.717) is 24.3 Å². The zero-order valence-electron chi connectivity index (χ0n) is 12.3. The first-order valence-corrected chi connectivity index (χ1v) is 7.16. The fraction of sp³-hybridized carbons (Fsp3) is 0.353. The van der Waals surface area contributed by atoms with E-state index < -0.39 is 6.10 Å². The lowest BCUT2D eigenvalue weighted by Gasteiger charge is -2.19. The number of benzene rings is 2. The van der Waals surface area contributed by atoms with Gasteiger partial charge in [-0.25, -0.2) is 4.79 Å². The number of carbonyl (C=O) groups excluding carboxylic acids is 1. The Bertz CT molecular complexity index is 621. The van der Waals surface area contributed by atoms with E-state index in [4.69, 9.17) is 9.47 Å². The lowest BCUT2D eigenvalue weighted by atomic mass is 10.0. The van der Waals surface area contributed by atoms with Crippen molar-refractivity contribution in [3.8, 4) is 5.75 Å². The summed E-state index contributed by atoms with van der Waals surface area (Å²) in [5.74, 6) is 0.146. The van der Waals surface area contributed by atoms with Crippen LogP contribution in [0.1, 0.15) is 25.8 Å². The van der Waals surface area contributed by atoms with Gasteiger partial charge in [-0.05, 0) is 30.2 Å². The average molecular weight is 288 g/mol. The van der Waals surface area contributed by atoms with E-state index in [0.717, 1.165) is 10.8 Å². The van der Waals surface area contributed by atoms with E-state index in [1.54, 1.807) is 13.0 Å². The zero-order chi connectivity index (χ0) is 15.2. The Morgan fingerprint density at radius 1 is 1.19 bits per heavy atom. The number of ether oxygens (including phenoxy) is 2.